The number of fused-ring (bicyclic) bond motifs is 1. The minimum atomic E-state index is -0.853. The predicted octanol–water partition coefficient (Wildman–Crippen LogP) is 3.66. The van der Waals surface area contributed by atoms with Crippen LogP contribution in [-0.4, -0.2) is 29.8 Å². The molecule has 0 bridgehead atoms. The zero-order chi connectivity index (χ0) is 22.1. The van der Waals surface area contributed by atoms with Crippen molar-refractivity contribution in [3.8, 4) is 5.75 Å². The number of anilines is 2. The Bertz CT molecular complexity index is 1250. The molecule has 154 valence electrons. The van der Waals surface area contributed by atoms with Crippen LogP contribution in [0, 0.1) is 10.1 Å². The quantitative estimate of drug-likeness (QED) is 0.384. The molecular weight excluding hydrogens is 402 g/mol. The van der Waals surface area contributed by atoms with Crippen molar-refractivity contribution in [3.63, 3.8) is 0 Å². The Morgan fingerprint density at radius 1 is 1.00 bits per heavy atom. The van der Waals surface area contributed by atoms with Gasteiger partial charge in [0, 0.05) is 17.8 Å². The molecule has 31 heavy (non-hydrogen) atoms. The fourth-order valence-corrected chi connectivity index (χ4v) is 3.40. The number of carbonyl (C=O) groups is 3. The second-order valence-corrected chi connectivity index (χ2v) is 6.61. The highest BCUT2D eigenvalue weighted by Gasteiger charge is 2.42. The van der Waals surface area contributed by atoms with E-state index in [1.807, 2.05) is 0 Å². The third-order valence-corrected chi connectivity index (χ3v) is 4.81. The van der Waals surface area contributed by atoms with Crippen molar-refractivity contribution in [2.24, 2.45) is 0 Å². The van der Waals surface area contributed by atoms with Crippen molar-refractivity contribution in [2.45, 2.75) is 0 Å². The molecule has 1 N–H and O–H groups in total. The molecule has 1 aliphatic rings. The number of amides is 3. The first kappa shape index (κ1) is 19.8. The average molecular weight is 417 g/mol. The molecule has 9 nitrogen and oxygen atoms in total. The molecule has 0 spiro atoms. The van der Waals surface area contributed by atoms with Crippen molar-refractivity contribution in [3.05, 3.63) is 93.5 Å². The van der Waals surface area contributed by atoms with Crippen molar-refractivity contribution in [2.75, 3.05) is 17.3 Å². The van der Waals surface area contributed by atoms with Gasteiger partial charge < -0.3 is 10.1 Å². The summed E-state index contributed by atoms with van der Waals surface area (Å²) in [4.78, 5) is 50.3. The fraction of sp³-hybridized carbons (Fsp3) is 0.0455. The molecule has 9 heteroatoms. The van der Waals surface area contributed by atoms with Crippen molar-refractivity contribution >= 4 is 34.8 Å². The Labute approximate surface area is 176 Å². The normalized spacial score (nSPS) is 12.5. The summed E-state index contributed by atoms with van der Waals surface area (Å²) in [6.45, 7) is 0. The van der Waals surface area contributed by atoms with E-state index in [4.69, 9.17) is 4.74 Å². The fourth-order valence-electron chi connectivity index (χ4n) is 3.40. The first-order chi connectivity index (χ1) is 14.9. The van der Waals surface area contributed by atoms with Crippen LogP contribution in [0.4, 0.5) is 17.1 Å². The summed E-state index contributed by atoms with van der Waals surface area (Å²) in [5, 5.41) is 14.0. The first-order valence-electron chi connectivity index (χ1n) is 9.13. The lowest BCUT2D eigenvalue weighted by atomic mass is 10.1. The van der Waals surface area contributed by atoms with Crippen molar-refractivity contribution < 1.29 is 24.0 Å². The van der Waals surface area contributed by atoms with E-state index in [0.717, 1.165) is 11.0 Å². The number of rotatable bonds is 5. The van der Waals surface area contributed by atoms with Gasteiger partial charge in [-0.3, -0.25) is 24.5 Å². The molecule has 0 atom stereocenters. The number of para-hydroxylation sites is 1. The van der Waals surface area contributed by atoms with Gasteiger partial charge in [0.05, 0.1) is 28.8 Å². The van der Waals surface area contributed by atoms with Crippen LogP contribution in [0.3, 0.4) is 0 Å². The maximum Gasteiger partial charge on any atom is 0.283 e. The van der Waals surface area contributed by atoms with Gasteiger partial charge in [-0.25, -0.2) is 4.90 Å². The number of benzene rings is 3. The number of nitro groups is 1. The van der Waals surface area contributed by atoms with E-state index in [-0.39, 0.29) is 22.4 Å². The number of methoxy groups -OCH3 is 1. The van der Waals surface area contributed by atoms with Gasteiger partial charge in [-0.15, -0.1) is 0 Å². The van der Waals surface area contributed by atoms with Gasteiger partial charge in [0.2, 0.25) is 0 Å². The molecule has 3 amide bonds. The van der Waals surface area contributed by atoms with Crippen LogP contribution < -0.4 is 15.0 Å². The molecular formula is C22H15N3O6. The molecule has 1 heterocycles. The minimum Gasteiger partial charge on any atom is -0.497 e. The molecule has 0 aliphatic carbocycles. The summed E-state index contributed by atoms with van der Waals surface area (Å²) in [5.74, 6) is -1.60. The molecule has 4 rings (SSSR count). The third-order valence-electron chi connectivity index (χ3n) is 4.81. The van der Waals surface area contributed by atoms with E-state index in [2.05, 4.69) is 5.32 Å². The van der Waals surface area contributed by atoms with Gasteiger partial charge >= 0.3 is 0 Å². The van der Waals surface area contributed by atoms with E-state index < -0.39 is 28.3 Å². The molecule has 1 aliphatic heterocycles. The number of imide groups is 1. The number of hydrogen-bond donors (Lipinski definition) is 1. The first-order valence-corrected chi connectivity index (χ1v) is 9.13. The Balaban J connectivity index is 1.73. The van der Waals surface area contributed by atoms with Gasteiger partial charge in [-0.05, 0) is 30.3 Å². The highest BCUT2D eigenvalue weighted by Crippen LogP contribution is 2.35. The van der Waals surface area contributed by atoms with Crippen LogP contribution in [0.5, 0.6) is 5.75 Å². The molecule has 0 fully saturated rings. The van der Waals surface area contributed by atoms with Crippen LogP contribution in [0.1, 0.15) is 31.1 Å². The van der Waals surface area contributed by atoms with E-state index in [1.54, 1.807) is 36.4 Å². The second-order valence-electron chi connectivity index (χ2n) is 6.61. The SMILES string of the molecule is COc1cccc(NC(=O)c2ccccc2N2C(=O)c3cccc([N+](=O)[O-])c3C2=O)c1. The van der Waals surface area contributed by atoms with Crippen LogP contribution >= 0.6 is 0 Å². The predicted molar refractivity (Wildman–Crippen MR) is 112 cm³/mol. The van der Waals surface area contributed by atoms with Crippen LogP contribution in [0.25, 0.3) is 0 Å². The zero-order valence-electron chi connectivity index (χ0n) is 16.2. The molecule has 0 aromatic heterocycles. The number of nitro benzene ring substituents is 1. The maximum atomic E-state index is 13.0. The summed E-state index contributed by atoms with van der Waals surface area (Å²) in [7, 11) is 1.50. The summed E-state index contributed by atoms with van der Waals surface area (Å²) < 4.78 is 5.14. The number of ether oxygens (including phenoxy) is 1. The van der Waals surface area contributed by atoms with Gasteiger partial charge in [-0.1, -0.05) is 24.3 Å². The largest absolute Gasteiger partial charge is 0.497 e. The lowest BCUT2D eigenvalue weighted by Gasteiger charge is -2.18. The lowest BCUT2D eigenvalue weighted by molar-refractivity contribution is -0.385. The second kappa shape index (κ2) is 7.71. The van der Waals surface area contributed by atoms with Crippen molar-refractivity contribution in [1.29, 1.82) is 0 Å². The van der Waals surface area contributed by atoms with Gasteiger partial charge in [0.1, 0.15) is 11.3 Å². The molecule has 0 saturated carbocycles. The van der Waals surface area contributed by atoms with Crippen LogP contribution in [0.2, 0.25) is 0 Å². The van der Waals surface area contributed by atoms with Crippen LogP contribution in [0.15, 0.2) is 66.7 Å². The molecule has 3 aromatic carbocycles. The van der Waals surface area contributed by atoms with Crippen molar-refractivity contribution in [1.82, 2.24) is 0 Å². The summed E-state index contributed by atoms with van der Waals surface area (Å²) >= 11 is 0. The standard InChI is InChI=1S/C22H15N3O6/c1-31-14-7-4-6-13(12-14)23-20(26)15-8-2-3-10-17(15)24-21(27)16-9-5-11-18(25(29)30)19(16)22(24)28/h2-12H,1H3,(H,23,26). The summed E-state index contributed by atoms with van der Waals surface area (Å²) in [6, 6.07) is 16.6. The topological polar surface area (TPSA) is 119 Å². The van der Waals surface area contributed by atoms with E-state index in [1.165, 1.54) is 31.4 Å². The molecule has 0 unspecified atom stereocenters. The smallest absolute Gasteiger partial charge is 0.283 e. The zero-order valence-corrected chi connectivity index (χ0v) is 16.2. The van der Waals surface area contributed by atoms with Gasteiger partial charge in [0.15, 0.2) is 0 Å². The Hall–Kier alpha value is -4.53. The number of nitrogens with zero attached hydrogens (tertiary/aromatic N) is 2. The minimum absolute atomic E-state index is 0.0309. The molecule has 0 radical (unpaired) electrons. The number of carbonyl (C=O) groups excluding carboxylic acids is 3. The summed E-state index contributed by atoms with van der Waals surface area (Å²) in [6.07, 6.45) is 0. The average Bonchev–Trinajstić information content (AvgIpc) is 3.03. The Morgan fingerprint density at radius 3 is 2.48 bits per heavy atom. The van der Waals surface area contributed by atoms with E-state index in [9.17, 15) is 24.5 Å². The Morgan fingerprint density at radius 2 is 1.74 bits per heavy atom. The maximum absolute atomic E-state index is 13.0. The summed E-state index contributed by atoms with van der Waals surface area (Å²) in [5.41, 5.74) is -0.289. The van der Waals surface area contributed by atoms with Gasteiger partial charge in [0.25, 0.3) is 23.4 Å². The highest BCUT2D eigenvalue weighted by atomic mass is 16.6. The molecule has 3 aromatic rings. The van der Waals surface area contributed by atoms with E-state index in [0.29, 0.717) is 11.4 Å². The van der Waals surface area contributed by atoms with Gasteiger partial charge in [-0.2, -0.15) is 0 Å². The van der Waals surface area contributed by atoms with Crippen LogP contribution in [-0.2, 0) is 0 Å². The number of hydrogen-bond acceptors (Lipinski definition) is 6. The van der Waals surface area contributed by atoms with E-state index >= 15 is 0 Å². The highest BCUT2D eigenvalue weighted by molar-refractivity contribution is 6.36. The Kier molecular flexibility index (Phi) is 4.92. The monoisotopic (exact) mass is 417 g/mol. The molecule has 0 saturated heterocycles. The third kappa shape index (κ3) is 3.38. The number of nitrogens with one attached hydrogen (secondary N) is 1. The lowest BCUT2D eigenvalue weighted by Crippen LogP contribution is -2.31.